The molecule has 88 valence electrons. The standard InChI is InChI=1S/C9H16O5S/c1-9(10)13-7-5-3-4-6-8-14-15(2,11)12/h3-4H,5-8H2,1-2H3/b4-3+. The second-order valence-corrected chi connectivity index (χ2v) is 4.56. The predicted molar refractivity (Wildman–Crippen MR) is 55.8 cm³/mol. The van der Waals surface area contributed by atoms with Crippen molar-refractivity contribution in [2.75, 3.05) is 19.5 Å². The van der Waals surface area contributed by atoms with E-state index in [1.807, 2.05) is 6.08 Å². The van der Waals surface area contributed by atoms with Crippen molar-refractivity contribution >= 4 is 16.1 Å². The minimum Gasteiger partial charge on any atom is -0.466 e. The highest BCUT2D eigenvalue weighted by molar-refractivity contribution is 7.85. The number of esters is 1. The summed E-state index contributed by atoms with van der Waals surface area (Å²) >= 11 is 0. The fraction of sp³-hybridized carbons (Fsp3) is 0.667. The molecule has 0 spiro atoms. The molecule has 0 saturated heterocycles. The van der Waals surface area contributed by atoms with Crippen LogP contribution in [0, 0.1) is 0 Å². The van der Waals surface area contributed by atoms with Crippen LogP contribution in [0.4, 0.5) is 0 Å². The van der Waals surface area contributed by atoms with E-state index in [4.69, 9.17) is 0 Å². The second kappa shape index (κ2) is 7.42. The molecule has 6 heteroatoms. The van der Waals surface area contributed by atoms with Crippen LogP contribution in [0.3, 0.4) is 0 Å². The van der Waals surface area contributed by atoms with E-state index in [9.17, 15) is 13.2 Å². The van der Waals surface area contributed by atoms with Crippen LogP contribution >= 0.6 is 0 Å². The van der Waals surface area contributed by atoms with Crippen LogP contribution in [0.25, 0.3) is 0 Å². The molecule has 0 aromatic heterocycles. The van der Waals surface area contributed by atoms with Crippen LogP contribution in [-0.2, 0) is 23.8 Å². The first-order chi connectivity index (χ1) is 6.92. The van der Waals surface area contributed by atoms with Gasteiger partial charge < -0.3 is 4.74 Å². The van der Waals surface area contributed by atoms with Crippen molar-refractivity contribution in [3.05, 3.63) is 12.2 Å². The van der Waals surface area contributed by atoms with Gasteiger partial charge in [-0.15, -0.1) is 0 Å². The van der Waals surface area contributed by atoms with Crippen molar-refractivity contribution in [3.8, 4) is 0 Å². The van der Waals surface area contributed by atoms with E-state index >= 15 is 0 Å². The van der Waals surface area contributed by atoms with Crippen LogP contribution < -0.4 is 0 Å². The Hall–Kier alpha value is -0.880. The highest BCUT2D eigenvalue weighted by Crippen LogP contribution is 1.93. The summed E-state index contributed by atoms with van der Waals surface area (Å²) in [6, 6.07) is 0. The van der Waals surface area contributed by atoms with Crippen molar-refractivity contribution in [1.29, 1.82) is 0 Å². The molecular formula is C9H16O5S. The maximum Gasteiger partial charge on any atom is 0.302 e. The van der Waals surface area contributed by atoms with Gasteiger partial charge in [0.15, 0.2) is 0 Å². The second-order valence-electron chi connectivity index (χ2n) is 2.91. The summed E-state index contributed by atoms with van der Waals surface area (Å²) in [4.78, 5) is 10.4. The molecular weight excluding hydrogens is 220 g/mol. The van der Waals surface area contributed by atoms with Crippen LogP contribution in [0.15, 0.2) is 12.2 Å². The van der Waals surface area contributed by atoms with Gasteiger partial charge in [-0.2, -0.15) is 8.42 Å². The first-order valence-electron chi connectivity index (χ1n) is 4.54. The van der Waals surface area contributed by atoms with Gasteiger partial charge in [-0.05, 0) is 12.8 Å². The average molecular weight is 236 g/mol. The number of ether oxygens (including phenoxy) is 1. The van der Waals surface area contributed by atoms with Crippen molar-refractivity contribution in [2.24, 2.45) is 0 Å². The Kier molecular flexibility index (Phi) is 6.98. The van der Waals surface area contributed by atoms with Gasteiger partial charge in [0, 0.05) is 6.92 Å². The monoisotopic (exact) mass is 236 g/mol. The van der Waals surface area contributed by atoms with E-state index in [0.717, 1.165) is 6.26 Å². The van der Waals surface area contributed by atoms with E-state index in [0.29, 0.717) is 19.4 Å². The van der Waals surface area contributed by atoms with Gasteiger partial charge in [-0.25, -0.2) is 0 Å². The van der Waals surface area contributed by atoms with Crippen molar-refractivity contribution in [2.45, 2.75) is 19.8 Å². The van der Waals surface area contributed by atoms with Gasteiger partial charge in [-0.3, -0.25) is 8.98 Å². The van der Waals surface area contributed by atoms with Crippen molar-refractivity contribution < 1.29 is 22.1 Å². The van der Waals surface area contributed by atoms with Crippen LogP contribution in [0.1, 0.15) is 19.8 Å². The molecule has 0 bridgehead atoms. The maximum atomic E-state index is 10.5. The lowest BCUT2D eigenvalue weighted by Crippen LogP contribution is -2.03. The molecule has 0 heterocycles. The molecule has 0 fully saturated rings. The van der Waals surface area contributed by atoms with Gasteiger partial charge in [0.1, 0.15) is 0 Å². The largest absolute Gasteiger partial charge is 0.466 e. The number of carbonyl (C=O) groups is 1. The third-order valence-corrected chi connectivity index (χ3v) is 1.93. The molecule has 0 aromatic rings. The number of carbonyl (C=O) groups excluding carboxylic acids is 1. The van der Waals surface area contributed by atoms with Crippen molar-refractivity contribution in [3.63, 3.8) is 0 Å². The summed E-state index contributed by atoms with van der Waals surface area (Å²) in [5, 5.41) is 0. The number of hydrogen-bond donors (Lipinski definition) is 0. The SMILES string of the molecule is CC(=O)OCC/C=C/CCOS(C)(=O)=O. The summed E-state index contributed by atoms with van der Waals surface area (Å²) in [5.41, 5.74) is 0. The van der Waals surface area contributed by atoms with E-state index in [-0.39, 0.29) is 12.6 Å². The zero-order valence-electron chi connectivity index (χ0n) is 8.93. The third-order valence-electron chi connectivity index (χ3n) is 1.34. The lowest BCUT2D eigenvalue weighted by atomic mass is 10.3. The van der Waals surface area contributed by atoms with Crippen LogP contribution in [0.2, 0.25) is 0 Å². The molecule has 5 nitrogen and oxygen atoms in total. The molecule has 0 aliphatic rings. The molecule has 0 N–H and O–H groups in total. The topological polar surface area (TPSA) is 69.7 Å². The fourth-order valence-corrected chi connectivity index (χ4v) is 1.17. The molecule has 0 aromatic carbocycles. The molecule has 0 unspecified atom stereocenters. The van der Waals surface area contributed by atoms with E-state index in [1.165, 1.54) is 6.92 Å². The molecule has 0 atom stereocenters. The molecule has 0 aliphatic heterocycles. The lowest BCUT2D eigenvalue weighted by molar-refractivity contribution is -0.140. The smallest absolute Gasteiger partial charge is 0.302 e. The quantitative estimate of drug-likeness (QED) is 0.284. The molecule has 0 amide bonds. The maximum absolute atomic E-state index is 10.5. The molecule has 0 aliphatic carbocycles. The van der Waals surface area contributed by atoms with Crippen LogP contribution in [0.5, 0.6) is 0 Å². The zero-order valence-corrected chi connectivity index (χ0v) is 9.75. The highest BCUT2D eigenvalue weighted by Gasteiger charge is 1.98. The fourth-order valence-electron chi connectivity index (χ4n) is 0.774. The third kappa shape index (κ3) is 13.1. The van der Waals surface area contributed by atoms with Crippen molar-refractivity contribution in [1.82, 2.24) is 0 Å². The van der Waals surface area contributed by atoms with E-state index in [2.05, 4.69) is 8.92 Å². The highest BCUT2D eigenvalue weighted by atomic mass is 32.2. The summed E-state index contributed by atoms with van der Waals surface area (Å²) in [6.07, 6.45) is 5.76. The summed E-state index contributed by atoms with van der Waals surface area (Å²) in [6.45, 7) is 1.84. The Morgan fingerprint density at radius 3 is 2.20 bits per heavy atom. The Bertz CT molecular complexity index is 304. The number of rotatable bonds is 7. The molecule has 0 radical (unpaired) electrons. The van der Waals surface area contributed by atoms with E-state index in [1.54, 1.807) is 6.08 Å². The molecule has 0 rings (SSSR count). The number of hydrogen-bond acceptors (Lipinski definition) is 5. The Morgan fingerprint density at radius 2 is 1.73 bits per heavy atom. The summed E-state index contributed by atoms with van der Waals surface area (Å²) in [5.74, 6) is -0.302. The predicted octanol–water partition coefficient (Wildman–Crippen LogP) is 0.862. The zero-order chi connectivity index (χ0) is 11.7. The summed E-state index contributed by atoms with van der Waals surface area (Å²) < 4.78 is 30.3. The van der Waals surface area contributed by atoms with Gasteiger partial charge in [-0.1, -0.05) is 12.2 Å². The minimum absolute atomic E-state index is 0.142. The first kappa shape index (κ1) is 14.1. The van der Waals surface area contributed by atoms with Gasteiger partial charge in [0.2, 0.25) is 0 Å². The van der Waals surface area contributed by atoms with Crippen LogP contribution in [-0.4, -0.2) is 33.9 Å². The molecule has 0 saturated carbocycles. The molecule has 15 heavy (non-hydrogen) atoms. The normalized spacial score (nSPS) is 11.9. The van der Waals surface area contributed by atoms with Gasteiger partial charge in [0.25, 0.3) is 10.1 Å². The van der Waals surface area contributed by atoms with E-state index < -0.39 is 10.1 Å². The summed E-state index contributed by atoms with van der Waals surface area (Å²) in [7, 11) is -3.34. The average Bonchev–Trinajstić information content (AvgIpc) is 2.07. The Morgan fingerprint density at radius 1 is 1.20 bits per heavy atom. The first-order valence-corrected chi connectivity index (χ1v) is 6.36. The Balaban J connectivity index is 3.36. The minimum atomic E-state index is -3.34. The lowest BCUT2D eigenvalue weighted by Gasteiger charge is -1.98. The van der Waals surface area contributed by atoms with Gasteiger partial charge >= 0.3 is 5.97 Å². The van der Waals surface area contributed by atoms with Gasteiger partial charge in [0.05, 0.1) is 19.5 Å². The Labute approximate surface area is 90.2 Å².